The third-order valence-electron chi connectivity index (χ3n) is 6.28. The molecule has 0 bridgehead atoms. The van der Waals surface area contributed by atoms with Crippen molar-refractivity contribution in [2.24, 2.45) is 5.41 Å². The van der Waals surface area contributed by atoms with Gasteiger partial charge in [0, 0.05) is 50.7 Å². The molecule has 32 heavy (non-hydrogen) atoms. The summed E-state index contributed by atoms with van der Waals surface area (Å²) >= 11 is 0. The SMILES string of the molecule is CC(C)(C)OC(=O)N[C@@H](CCC(=O)N1CCC2(CC1)CCN(c1ccncc1)C2)C(=O)O. The van der Waals surface area contributed by atoms with Crippen LogP contribution in [0.1, 0.15) is 52.9 Å². The predicted octanol–water partition coefficient (Wildman–Crippen LogP) is 2.66. The van der Waals surface area contributed by atoms with E-state index in [1.807, 2.05) is 29.4 Å². The molecule has 0 unspecified atom stereocenters. The Hall–Kier alpha value is -2.84. The van der Waals surface area contributed by atoms with Crippen LogP contribution in [0.4, 0.5) is 10.5 Å². The first-order valence-corrected chi connectivity index (χ1v) is 11.2. The van der Waals surface area contributed by atoms with Crippen LogP contribution in [0.15, 0.2) is 24.5 Å². The van der Waals surface area contributed by atoms with Crippen molar-refractivity contribution in [2.75, 3.05) is 31.1 Å². The van der Waals surface area contributed by atoms with Gasteiger partial charge in [0.25, 0.3) is 0 Å². The summed E-state index contributed by atoms with van der Waals surface area (Å²) in [5.74, 6) is -1.25. The van der Waals surface area contributed by atoms with E-state index in [9.17, 15) is 19.5 Å². The maximum absolute atomic E-state index is 12.7. The molecular weight excluding hydrogens is 412 g/mol. The number of carbonyl (C=O) groups is 3. The number of carboxylic acid groups (broad SMARTS) is 1. The predicted molar refractivity (Wildman–Crippen MR) is 119 cm³/mol. The highest BCUT2D eigenvalue weighted by atomic mass is 16.6. The third-order valence-corrected chi connectivity index (χ3v) is 6.28. The summed E-state index contributed by atoms with van der Waals surface area (Å²) in [5.41, 5.74) is 0.689. The zero-order valence-corrected chi connectivity index (χ0v) is 19.2. The Morgan fingerprint density at radius 1 is 1.16 bits per heavy atom. The van der Waals surface area contributed by atoms with Crippen LogP contribution in [-0.2, 0) is 14.3 Å². The van der Waals surface area contributed by atoms with E-state index < -0.39 is 23.7 Å². The van der Waals surface area contributed by atoms with Gasteiger partial charge in [-0.3, -0.25) is 9.78 Å². The highest BCUT2D eigenvalue weighted by Gasteiger charge is 2.41. The van der Waals surface area contributed by atoms with Crippen molar-refractivity contribution in [3.05, 3.63) is 24.5 Å². The smallest absolute Gasteiger partial charge is 0.408 e. The number of likely N-dealkylation sites (tertiary alicyclic amines) is 1. The second-order valence-corrected chi connectivity index (χ2v) is 9.83. The Morgan fingerprint density at radius 2 is 1.78 bits per heavy atom. The fourth-order valence-corrected chi connectivity index (χ4v) is 4.48. The molecule has 2 aliphatic heterocycles. The normalized spacial score (nSPS) is 19.0. The van der Waals surface area contributed by atoms with Crippen molar-refractivity contribution in [3.8, 4) is 0 Å². The van der Waals surface area contributed by atoms with Gasteiger partial charge in [-0.15, -0.1) is 0 Å². The first-order valence-electron chi connectivity index (χ1n) is 11.2. The fraction of sp³-hybridized carbons (Fsp3) is 0.652. The number of carbonyl (C=O) groups excluding carboxylic acids is 2. The minimum atomic E-state index is -1.18. The molecule has 176 valence electrons. The number of ether oxygens (including phenoxy) is 1. The van der Waals surface area contributed by atoms with Gasteiger partial charge in [0.15, 0.2) is 0 Å². The highest BCUT2D eigenvalue weighted by molar-refractivity contribution is 5.82. The van der Waals surface area contributed by atoms with Gasteiger partial charge in [-0.05, 0) is 64.0 Å². The van der Waals surface area contributed by atoms with E-state index in [0.29, 0.717) is 13.1 Å². The number of hydrogen-bond acceptors (Lipinski definition) is 6. The van der Waals surface area contributed by atoms with Crippen LogP contribution in [0, 0.1) is 5.41 Å². The van der Waals surface area contributed by atoms with Crippen LogP contribution in [-0.4, -0.2) is 70.8 Å². The molecule has 1 aromatic heterocycles. The Bertz CT molecular complexity index is 815. The topological polar surface area (TPSA) is 112 Å². The summed E-state index contributed by atoms with van der Waals surface area (Å²) in [7, 11) is 0. The molecule has 2 N–H and O–H groups in total. The lowest BCUT2D eigenvalue weighted by atomic mass is 9.77. The van der Waals surface area contributed by atoms with Crippen molar-refractivity contribution in [2.45, 2.75) is 64.5 Å². The molecule has 9 nitrogen and oxygen atoms in total. The number of pyridine rings is 1. The molecule has 2 aliphatic rings. The lowest BCUT2D eigenvalue weighted by Gasteiger charge is -2.39. The van der Waals surface area contributed by atoms with Gasteiger partial charge in [-0.1, -0.05) is 0 Å². The molecule has 3 rings (SSSR count). The van der Waals surface area contributed by atoms with Gasteiger partial charge < -0.3 is 25.0 Å². The maximum atomic E-state index is 12.7. The van der Waals surface area contributed by atoms with E-state index in [-0.39, 0.29) is 24.2 Å². The van der Waals surface area contributed by atoms with Crippen LogP contribution in [0.5, 0.6) is 0 Å². The zero-order chi connectivity index (χ0) is 23.4. The van der Waals surface area contributed by atoms with Gasteiger partial charge in [0.05, 0.1) is 0 Å². The largest absolute Gasteiger partial charge is 0.480 e. The van der Waals surface area contributed by atoms with Crippen molar-refractivity contribution < 1.29 is 24.2 Å². The average Bonchev–Trinajstić information content (AvgIpc) is 3.14. The summed E-state index contributed by atoms with van der Waals surface area (Å²) < 4.78 is 5.12. The number of aromatic nitrogens is 1. The van der Waals surface area contributed by atoms with Crippen LogP contribution >= 0.6 is 0 Å². The fourth-order valence-electron chi connectivity index (χ4n) is 4.48. The second kappa shape index (κ2) is 9.75. The van der Waals surface area contributed by atoms with Crippen molar-refractivity contribution in [1.82, 2.24) is 15.2 Å². The average molecular weight is 447 g/mol. The molecule has 1 aromatic rings. The lowest BCUT2D eigenvalue weighted by Crippen LogP contribution is -2.46. The summed E-state index contributed by atoms with van der Waals surface area (Å²) in [5, 5.41) is 11.7. The molecule has 1 atom stereocenters. The molecule has 0 saturated carbocycles. The number of aliphatic carboxylic acids is 1. The van der Waals surface area contributed by atoms with Crippen LogP contribution < -0.4 is 10.2 Å². The number of hydrogen-bond donors (Lipinski definition) is 2. The summed E-state index contributed by atoms with van der Waals surface area (Å²) in [6.07, 6.45) is 5.93. The van der Waals surface area contributed by atoms with Crippen LogP contribution in [0.2, 0.25) is 0 Å². The molecular formula is C23H34N4O5. The number of anilines is 1. The number of nitrogens with one attached hydrogen (secondary N) is 1. The number of amides is 2. The Labute approximate surface area is 189 Å². The van der Waals surface area contributed by atoms with Crippen LogP contribution in [0.25, 0.3) is 0 Å². The van der Waals surface area contributed by atoms with Gasteiger partial charge in [-0.2, -0.15) is 0 Å². The number of nitrogens with zero attached hydrogens (tertiary/aromatic N) is 3. The number of carboxylic acids is 1. The Kier molecular flexibility index (Phi) is 7.26. The Balaban J connectivity index is 1.46. The van der Waals surface area contributed by atoms with E-state index in [1.165, 1.54) is 5.69 Å². The summed E-state index contributed by atoms with van der Waals surface area (Å²) in [6, 6.07) is 2.90. The Morgan fingerprint density at radius 3 is 2.38 bits per heavy atom. The van der Waals surface area contributed by atoms with E-state index in [2.05, 4.69) is 15.2 Å². The first-order chi connectivity index (χ1) is 15.1. The van der Waals surface area contributed by atoms with Gasteiger partial charge in [-0.25, -0.2) is 9.59 Å². The standard InChI is InChI=1S/C23H34N4O5/c1-22(2,3)32-21(31)25-18(20(29)30)4-5-19(28)26-13-8-23(9-14-26)10-15-27(16-23)17-6-11-24-12-7-17/h6-7,11-12,18H,4-5,8-10,13-16H2,1-3H3,(H,25,31)(H,29,30)/t18-/m0/s1. The quantitative estimate of drug-likeness (QED) is 0.691. The molecule has 3 heterocycles. The van der Waals surface area contributed by atoms with E-state index in [0.717, 1.165) is 32.4 Å². The van der Waals surface area contributed by atoms with Crippen molar-refractivity contribution >= 4 is 23.7 Å². The molecule has 0 aliphatic carbocycles. The van der Waals surface area contributed by atoms with Crippen molar-refractivity contribution in [3.63, 3.8) is 0 Å². The lowest BCUT2D eigenvalue weighted by molar-refractivity contribution is -0.140. The molecule has 2 amide bonds. The second-order valence-electron chi connectivity index (χ2n) is 9.83. The van der Waals surface area contributed by atoms with Crippen LogP contribution in [0.3, 0.4) is 0 Å². The summed E-state index contributed by atoms with van der Waals surface area (Å²) in [4.78, 5) is 44.4. The van der Waals surface area contributed by atoms with E-state index in [1.54, 1.807) is 20.8 Å². The van der Waals surface area contributed by atoms with Gasteiger partial charge in [0.2, 0.25) is 5.91 Å². The molecule has 9 heteroatoms. The monoisotopic (exact) mass is 446 g/mol. The van der Waals surface area contributed by atoms with E-state index >= 15 is 0 Å². The molecule has 2 saturated heterocycles. The number of rotatable bonds is 6. The molecule has 0 radical (unpaired) electrons. The minimum Gasteiger partial charge on any atom is -0.480 e. The number of piperidine rings is 1. The van der Waals surface area contributed by atoms with E-state index in [4.69, 9.17) is 4.74 Å². The van der Waals surface area contributed by atoms with Gasteiger partial charge in [0.1, 0.15) is 11.6 Å². The van der Waals surface area contributed by atoms with Gasteiger partial charge >= 0.3 is 12.1 Å². The molecule has 2 fully saturated rings. The molecule has 1 spiro atoms. The number of alkyl carbamates (subject to hydrolysis) is 1. The third kappa shape index (κ3) is 6.34. The summed E-state index contributed by atoms with van der Waals surface area (Å²) in [6.45, 7) is 8.47. The highest BCUT2D eigenvalue weighted by Crippen LogP contribution is 2.41. The maximum Gasteiger partial charge on any atom is 0.408 e. The minimum absolute atomic E-state index is 0.0326. The van der Waals surface area contributed by atoms with Crippen molar-refractivity contribution in [1.29, 1.82) is 0 Å². The first kappa shape index (κ1) is 23.8. The molecule has 0 aromatic carbocycles. The zero-order valence-electron chi connectivity index (χ0n) is 19.2.